The van der Waals surface area contributed by atoms with Crippen molar-refractivity contribution >= 4 is 0 Å². The van der Waals surface area contributed by atoms with Gasteiger partial charge in [0, 0.05) is 0 Å². The van der Waals surface area contributed by atoms with Crippen LogP contribution in [-0.4, -0.2) is 6.54 Å². The molecule has 0 aliphatic rings. The van der Waals surface area contributed by atoms with Crippen molar-refractivity contribution in [3.05, 3.63) is 29.8 Å². The lowest BCUT2D eigenvalue weighted by Crippen LogP contribution is -1.89. The Morgan fingerprint density at radius 3 is 2.55 bits per heavy atom. The Hall–Kier alpha value is -0.980. The third-order valence-electron chi connectivity index (χ3n) is 2.06. The average Bonchev–Trinajstić information content (AvgIpc) is 2.17. The summed E-state index contributed by atoms with van der Waals surface area (Å²) in [7, 11) is 0. The van der Waals surface area contributed by atoms with E-state index in [1.165, 1.54) is 5.56 Å². The Morgan fingerprint density at radius 1 is 1.45 bits per heavy atom. The lowest BCUT2D eigenvalue weighted by Gasteiger charge is -2.07. The summed E-state index contributed by atoms with van der Waals surface area (Å²) < 4.78 is 6.67. The minimum Gasteiger partial charge on any atom is -0.508 e. The number of phenols is 1. The zero-order chi connectivity index (χ0) is 8.97. The van der Waals surface area contributed by atoms with E-state index in [2.05, 4.69) is 19.0 Å². The zero-order valence-electron chi connectivity index (χ0n) is 8.00. The van der Waals surface area contributed by atoms with Crippen LogP contribution in [0.15, 0.2) is 24.3 Å². The third-order valence-corrected chi connectivity index (χ3v) is 2.06. The molecule has 1 N–H and O–H groups in total. The molecule has 0 spiro atoms. The van der Waals surface area contributed by atoms with E-state index in [9.17, 15) is 0 Å². The van der Waals surface area contributed by atoms with Crippen LogP contribution in [0.2, 0.25) is 0 Å². The van der Waals surface area contributed by atoms with Crippen molar-refractivity contribution in [3.8, 4) is 5.75 Å². The van der Waals surface area contributed by atoms with Crippen LogP contribution in [-0.2, 0) is 0 Å². The highest BCUT2D eigenvalue weighted by Gasteiger charge is 2.00. The largest absolute Gasteiger partial charge is 0.508 e. The summed E-state index contributed by atoms with van der Waals surface area (Å²) in [5.41, 5.74) is 1.30. The Kier molecular flexibility index (Phi) is 2.09. The van der Waals surface area contributed by atoms with E-state index >= 15 is 0 Å². The molecule has 1 rings (SSSR count). The Balaban J connectivity index is 2.77. The molecular formula is C10H14O. The van der Waals surface area contributed by atoms with Gasteiger partial charge in [0.25, 0.3) is 1.43 Å². The summed E-state index contributed by atoms with van der Waals surface area (Å²) in [4.78, 5) is 0. The summed E-state index contributed by atoms with van der Waals surface area (Å²) in [5, 5.41) is 4.33. The van der Waals surface area contributed by atoms with Gasteiger partial charge in [-0.1, -0.05) is 26.0 Å². The molecule has 0 aromatic heterocycles. The highest BCUT2D eigenvalue weighted by molar-refractivity contribution is 5.27. The van der Waals surface area contributed by atoms with Gasteiger partial charge < -0.3 is 5.11 Å². The van der Waals surface area contributed by atoms with Crippen molar-refractivity contribution < 1.29 is 5.11 Å². The molecule has 0 aliphatic carbocycles. The van der Waals surface area contributed by atoms with Gasteiger partial charge in [-0.2, -0.15) is 0 Å². The fourth-order valence-corrected chi connectivity index (χ4v) is 1.03. The van der Waals surface area contributed by atoms with Gasteiger partial charge in [-0.25, -0.2) is 0 Å². The molecule has 1 heteroatoms. The molecule has 1 aromatic carbocycles. The van der Waals surface area contributed by atoms with Crippen molar-refractivity contribution in [2.24, 2.45) is 0 Å². The van der Waals surface area contributed by atoms with Gasteiger partial charge in [0.1, 0.15) is 5.75 Å². The molecule has 0 bridgehead atoms. The molecule has 11 heavy (non-hydrogen) atoms. The van der Waals surface area contributed by atoms with Gasteiger partial charge in [-0.15, -0.1) is 0 Å². The quantitative estimate of drug-likeness (QED) is 0.704. The number of benzene rings is 1. The van der Waals surface area contributed by atoms with Crippen LogP contribution in [0.4, 0.5) is 0 Å². The fraction of sp³-hybridized carbons (Fsp3) is 0.400. The smallest absolute Gasteiger partial charge is 0.293 e. The van der Waals surface area contributed by atoms with E-state index in [1.807, 2.05) is 24.3 Å². The standard InChI is InChI=1S/C10H14O/c1-3-8(2)9-4-6-10(11)7-5-9/h4-8,11H,3H2,1-2H3/i/hD. The van der Waals surface area contributed by atoms with Gasteiger partial charge >= 0.3 is 0 Å². The second kappa shape index (κ2) is 3.42. The van der Waals surface area contributed by atoms with Crippen LogP contribution < -0.4 is 0 Å². The Labute approximate surface area is 69.2 Å². The number of hydrogen-bond donors (Lipinski definition) is 1. The van der Waals surface area contributed by atoms with Crippen molar-refractivity contribution in [1.29, 1.82) is 1.43 Å². The summed E-state index contributed by atoms with van der Waals surface area (Å²) in [5.74, 6) is 1.19. The molecule has 60 valence electrons. The molecule has 0 radical (unpaired) electrons. The fourth-order valence-electron chi connectivity index (χ4n) is 1.03. The highest BCUT2D eigenvalue weighted by Crippen LogP contribution is 2.20. The van der Waals surface area contributed by atoms with Crippen LogP contribution in [0.25, 0.3) is 0 Å². The summed E-state index contributed by atoms with van der Waals surface area (Å²) in [6, 6.07) is 7.68. The first-order valence-electron chi connectivity index (χ1n) is 4.42. The van der Waals surface area contributed by atoms with Crippen molar-refractivity contribution in [2.75, 3.05) is 0 Å². The number of rotatable bonds is 3. The predicted molar refractivity (Wildman–Crippen MR) is 46.8 cm³/mol. The van der Waals surface area contributed by atoms with Crippen LogP contribution >= 0.6 is 0 Å². The molecule has 1 nitrogen and oxygen atoms in total. The van der Waals surface area contributed by atoms with Gasteiger partial charge in [0.05, 0.1) is 0 Å². The van der Waals surface area contributed by atoms with E-state index in [0.29, 0.717) is 11.7 Å². The van der Waals surface area contributed by atoms with Crippen LogP contribution in [0.5, 0.6) is 5.75 Å². The monoisotopic (exact) mass is 151 g/mol. The maximum absolute atomic E-state index is 6.67. The normalized spacial score (nSPS) is 13.8. The molecule has 0 saturated carbocycles. The van der Waals surface area contributed by atoms with E-state index < -0.39 is 0 Å². The predicted octanol–water partition coefficient (Wildman–Crippen LogP) is 2.91. The molecule has 0 aliphatic heterocycles. The average molecular weight is 151 g/mol. The Morgan fingerprint density at radius 2 is 2.09 bits per heavy atom. The third kappa shape index (κ3) is 1.97. The lowest BCUT2D eigenvalue weighted by molar-refractivity contribution is 0.475. The Bertz CT molecular complexity index is 230. The van der Waals surface area contributed by atoms with Gasteiger partial charge in [0.15, 0.2) is 0 Å². The molecular weight excluding hydrogens is 136 g/mol. The van der Waals surface area contributed by atoms with Crippen molar-refractivity contribution in [3.63, 3.8) is 0 Å². The first kappa shape index (κ1) is 6.71. The first-order valence-corrected chi connectivity index (χ1v) is 4.01. The molecule has 0 fully saturated rings. The topological polar surface area (TPSA) is 20.2 Å². The van der Waals surface area contributed by atoms with Gasteiger partial charge in [0.2, 0.25) is 0 Å². The molecule has 1 unspecified atom stereocenters. The van der Waals surface area contributed by atoms with Crippen molar-refractivity contribution in [2.45, 2.75) is 26.2 Å². The van der Waals surface area contributed by atoms with E-state index in [4.69, 9.17) is 1.43 Å². The summed E-state index contributed by atoms with van der Waals surface area (Å²) >= 11 is 0. The SMILES string of the molecule is [2H]Oc1ccc(C(C)CC)cc1. The summed E-state index contributed by atoms with van der Waals surface area (Å²) in [6.45, 7) is 4.36. The summed E-state index contributed by atoms with van der Waals surface area (Å²) in [6.07, 6.45) is 1.14. The maximum Gasteiger partial charge on any atom is 0.293 e. The van der Waals surface area contributed by atoms with Gasteiger partial charge in [-0.3, -0.25) is 0 Å². The molecule has 0 heterocycles. The number of hydrogen-bond acceptors (Lipinski definition) is 1. The number of phenolic OH excluding ortho intramolecular Hbond substituents is 1. The number of aromatic hydroxyl groups is 1. The van der Waals surface area contributed by atoms with E-state index in [0.717, 1.165) is 6.42 Å². The minimum absolute atomic E-state index is 0.588. The van der Waals surface area contributed by atoms with Crippen LogP contribution in [0.3, 0.4) is 0 Å². The van der Waals surface area contributed by atoms with E-state index in [1.54, 1.807) is 0 Å². The molecule has 0 amide bonds. The van der Waals surface area contributed by atoms with Gasteiger partial charge in [-0.05, 0) is 30.0 Å². The van der Waals surface area contributed by atoms with E-state index in [-0.39, 0.29) is 0 Å². The molecule has 1 aromatic rings. The second-order valence-electron chi connectivity index (χ2n) is 2.88. The van der Waals surface area contributed by atoms with Crippen molar-refractivity contribution in [1.82, 2.24) is 0 Å². The minimum atomic E-state index is 0.588. The highest BCUT2D eigenvalue weighted by atomic mass is 16.3. The maximum atomic E-state index is 6.67. The lowest BCUT2D eigenvalue weighted by atomic mass is 9.99. The second-order valence-corrected chi connectivity index (χ2v) is 2.88. The zero-order valence-corrected chi connectivity index (χ0v) is 7.00. The molecule has 1 atom stereocenters. The van der Waals surface area contributed by atoms with Crippen LogP contribution in [0, 0.1) is 0 Å². The molecule has 0 saturated heterocycles. The van der Waals surface area contributed by atoms with Crippen LogP contribution in [0.1, 0.15) is 31.7 Å². The first-order chi connectivity index (χ1) is 5.77.